The smallest absolute Gasteiger partial charge is 0.176 e. The van der Waals surface area contributed by atoms with Crippen LogP contribution in [0.15, 0.2) is 30.9 Å². The normalized spacial score (nSPS) is 10.0. The fraction of sp³-hybridized carbons (Fsp3) is 0.250. The topological polar surface area (TPSA) is 29.1 Å². The van der Waals surface area contributed by atoms with Gasteiger partial charge in [0, 0.05) is 12.1 Å². The Labute approximate surface area is 88.8 Å². The number of hydrogen-bond acceptors (Lipinski definition) is 2. The van der Waals surface area contributed by atoms with Crippen LogP contribution >= 0.6 is 0 Å². The first-order chi connectivity index (χ1) is 7.15. The van der Waals surface area contributed by atoms with E-state index < -0.39 is 0 Å². The van der Waals surface area contributed by atoms with E-state index in [2.05, 4.69) is 11.9 Å². The molecule has 0 fully saturated rings. The second-order valence-corrected chi connectivity index (χ2v) is 3.31. The lowest BCUT2D eigenvalue weighted by Gasteiger charge is -2.03. The van der Waals surface area contributed by atoms with Gasteiger partial charge in [0.15, 0.2) is 5.78 Å². The van der Waals surface area contributed by atoms with Crippen molar-refractivity contribution in [2.75, 3.05) is 13.1 Å². The zero-order chi connectivity index (χ0) is 11.3. The molecule has 0 spiro atoms. The van der Waals surface area contributed by atoms with Crippen molar-refractivity contribution in [1.29, 1.82) is 0 Å². The summed E-state index contributed by atoms with van der Waals surface area (Å²) in [7, 11) is 0. The van der Waals surface area contributed by atoms with Gasteiger partial charge in [-0.2, -0.15) is 0 Å². The number of nitrogens with one attached hydrogen (secondary N) is 1. The second kappa shape index (κ2) is 5.41. The van der Waals surface area contributed by atoms with Gasteiger partial charge in [0.05, 0.1) is 6.54 Å². The molecule has 0 atom stereocenters. The van der Waals surface area contributed by atoms with Crippen LogP contribution in [-0.2, 0) is 0 Å². The molecule has 0 amide bonds. The van der Waals surface area contributed by atoms with Crippen molar-refractivity contribution >= 4 is 5.78 Å². The molecule has 3 heteroatoms. The molecule has 1 N–H and O–H groups in total. The van der Waals surface area contributed by atoms with Gasteiger partial charge in [-0.3, -0.25) is 4.79 Å². The predicted molar refractivity (Wildman–Crippen MR) is 58.5 cm³/mol. The van der Waals surface area contributed by atoms with Gasteiger partial charge in [-0.25, -0.2) is 4.39 Å². The fourth-order valence-corrected chi connectivity index (χ4v) is 1.21. The SMILES string of the molecule is C=CCNCC(=O)c1ccc(F)c(C)c1. The third kappa shape index (κ3) is 3.29. The van der Waals surface area contributed by atoms with Crippen molar-refractivity contribution in [2.45, 2.75) is 6.92 Å². The summed E-state index contributed by atoms with van der Waals surface area (Å²) in [6.07, 6.45) is 1.68. The van der Waals surface area contributed by atoms with Crippen LogP contribution in [0.4, 0.5) is 4.39 Å². The van der Waals surface area contributed by atoms with E-state index in [1.165, 1.54) is 12.1 Å². The van der Waals surface area contributed by atoms with Crippen molar-refractivity contribution in [3.8, 4) is 0 Å². The molecule has 1 rings (SSSR count). The average molecular weight is 207 g/mol. The summed E-state index contributed by atoms with van der Waals surface area (Å²) in [5, 5.41) is 2.91. The molecule has 0 saturated heterocycles. The molecule has 0 saturated carbocycles. The molecule has 0 radical (unpaired) electrons. The summed E-state index contributed by atoms with van der Waals surface area (Å²) in [4.78, 5) is 11.6. The second-order valence-electron chi connectivity index (χ2n) is 3.31. The van der Waals surface area contributed by atoms with Crippen LogP contribution in [0.2, 0.25) is 0 Å². The van der Waals surface area contributed by atoms with Crippen LogP contribution in [0, 0.1) is 12.7 Å². The van der Waals surface area contributed by atoms with E-state index in [9.17, 15) is 9.18 Å². The Morgan fingerprint density at radius 2 is 2.33 bits per heavy atom. The standard InChI is InChI=1S/C12H14FNO/c1-3-6-14-8-12(15)10-4-5-11(13)9(2)7-10/h3-5,7,14H,1,6,8H2,2H3. The van der Waals surface area contributed by atoms with Gasteiger partial charge < -0.3 is 5.32 Å². The van der Waals surface area contributed by atoms with Crippen molar-refractivity contribution in [3.05, 3.63) is 47.8 Å². The molecular weight excluding hydrogens is 193 g/mol. The van der Waals surface area contributed by atoms with Crippen LogP contribution in [0.1, 0.15) is 15.9 Å². The first-order valence-corrected chi connectivity index (χ1v) is 4.76. The van der Waals surface area contributed by atoms with E-state index in [1.807, 2.05) is 0 Å². The Kier molecular flexibility index (Phi) is 4.18. The third-order valence-corrected chi connectivity index (χ3v) is 2.05. The third-order valence-electron chi connectivity index (χ3n) is 2.05. The maximum Gasteiger partial charge on any atom is 0.176 e. The van der Waals surface area contributed by atoms with Gasteiger partial charge in [-0.1, -0.05) is 6.08 Å². The summed E-state index contributed by atoms with van der Waals surface area (Å²) in [6, 6.07) is 4.38. The van der Waals surface area contributed by atoms with Gasteiger partial charge in [-0.15, -0.1) is 6.58 Å². The van der Waals surface area contributed by atoms with Gasteiger partial charge in [0.1, 0.15) is 5.82 Å². The summed E-state index contributed by atoms with van der Waals surface area (Å²) >= 11 is 0. The molecule has 15 heavy (non-hydrogen) atoms. The molecule has 0 heterocycles. The van der Waals surface area contributed by atoms with E-state index >= 15 is 0 Å². The molecule has 1 aromatic rings. The highest BCUT2D eigenvalue weighted by molar-refractivity contribution is 5.97. The van der Waals surface area contributed by atoms with Crippen molar-refractivity contribution < 1.29 is 9.18 Å². The number of carbonyl (C=O) groups excluding carboxylic acids is 1. The number of benzene rings is 1. The van der Waals surface area contributed by atoms with Crippen LogP contribution in [0.5, 0.6) is 0 Å². The largest absolute Gasteiger partial charge is 0.306 e. The highest BCUT2D eigenvalue weighted by Crippen LogP contribution is 2.09. The van der Waals surface area contributed by atoms with Crippen LogP contribution in [0.3, 0.4) is 0 Å². The van der Waals surface area contributed by atoms with E-state index in [0.717, 1.165) is 0 Å². The number of Topliss-reactive ketones (excluding diaryl/α,β-unsaturated/α-hetero) is 1. The zero-order valence-electron chi connectivity index (χ0n) is 8.72. The maximum atomic E-state index is 12.9. The number of aryl methyl sites for hydroxylation is 1. The number of carbonyl (C=O) groups is 1. The predicted octanol–water partition coefficient (Wildman–Crippen LogP) is 2.09. The minimum Gasteiger partial charge on any atom is -0.306 e. The Hall–Kier alpha value is -1.48. The van der Waals surface area contributed by atoms with E-state index in [1.54, 1.807) is 19.1 Å². The molecule has 1 aromatic carbocycles. The van der Waals surface area contributed by atoms with E-state index in [-0.39, 0.29) is 18.1 Å². The lowest BCUT2D eigenvalue weighted by molar-refractivity contribution is 0.0992. The Bertz CT molecular complexity index is 374. The summed E-state index contributed by atoms with van der Waals surface area (Å²) < 4.78 is 12.9. The monoisotopic (exact) mass is 207 g/mol. The number of rotatable bonds is 5. The van der Waals surface area contributed by atoms with Gasteiger partial charge in [0.2, 0.25) is 0 Å². The van der Waals surface area contributed by atoms with Crippen LogP contribution in [-0.4, -0.2) is 18.9 Å². The first-order valence-electron chi connectivity index (χ1n) is 4.76. The van der Waals surface area contributed by atoms with E-state index in [4.69, 9.17) is 0 Å². The van der Waals surface area contributed by atoms with Gasteiger partial charge in [0.25, 0.3) is 0 Å². The Balaban J connectivity index is 2.65. The first kappa shape index (κ1) is 11.6. The average Bonchev–Trinajstić information content (AvgIpc) is 2.22. The quantitative estimate of drug-likeness (QED) is 0.455. The molecular formula is C12H14FNO. The number of halogens is 1. The fourth-order valence-electron chi connectivity index (χ4n) is 1.21. The Morgan fingerprint density at radius 1 is 1.60 bits per heavy atom. The molecule has 0 unspecified atom stereocenters. The highest BCUT2D eigenvalue weighted by Gasteiger charge is 2.06. The van der Waals surface area contributed by atoms with E-state index in [0.29, 0.717) is 17.7 Å². The lowest BCUT2D eigenvalue weighted by Crippen LogP contribution is -2.23. The minimum atomic E-state index is -0.286. The molecule has 0 aliphatic carbocycles. The maximum absolute atomic E-state index is 12.9. The van der Waals surface area contributed by atoms with Crippen molar-refractivity contribution in [2.24, 2.45) is 0 Å². The molecule has 0 aliphatic rings. The van der Waals surface area contributed by atoms with Crippen molar-refractivity contribution in [3.63, 3.8) is 0 Å². The van der Waals surface area contributed by atoms with Crippen LogP contribution < -0.4 is 5.32 Å². The molecule has 0 aromatic heterocycles. The lowest BCUT2D eigenvalue weighted by atomic mass is 10.1. The highest BCUT2D eigenvalue weighted by atomic mass is 19.1. The summed E-state index contributed by atoms with van der Waals surface area (Å²) in [5.41, 5.74) is 1.02. The number of ketones is 1. The van der Waals surface area contributed by atoms with Gasteiger partial charge >= 0.3 is 0 Å². The molecule has 0 aliphatic heterocycles. The van der Waals surface area contributed by atoms with Crippen LogP contribution in [0.25, 0.3) is 0 Å². The summed E-state index contributed by atoms with van der Waals surface area (Å²) in [6.45, 7) is 6.01. The molecule has 2 nitrogen and oxygen atoms in total. The minimum absolute atomic E-state index is 0.0417. The zero-order valence-corrected chi connectivity index (χ0v) is 8.72. The Morgan fingerprint density at radius 3 is 2.93 bits per heavy atom. The number of hydrogen-bond donors (Lipinski definition) is 1. The molecule has 80 valence electrons. The van der Waals surface area contributed by atoms with Gasteiger partial charge in [-0.05, 0) is 30.7 Å². The molecule has 0 bridgehead atoms. The van der Waals surface area contributed by atoms with Crippen molar-refractivity contribution in [1.82, 2.24) is 5.32 Å². The summed E-state index contributed by atoms with van der Waals surface area (Å²) in [5.74, 6) is -0.328.